The maximum atomic E-state index is 11.9. The fourth-order valence-corrected chi connectivity index (χ4v) is 2.61. The molecular weight excluding hydrogens is 326 g/mol. The van der Waals surface area contributed by atoms with Crippen molar-refractivity contribution in [3.63, 3.8) is 0 Å². The zero-order chi connectivity index (χ0) is 19.2. The lowest BCUT2D eigenvalue weighted by atomic mass is 9.95. The fourth-order valence-electron chi connectivity index (χ4n) is 2.61. The molecule has 0 fully saturated rings. The van der Waals surface area contributed by atoms with Crippen molar-refractivity contribution in [3.05, 3.63) is 0 Å². The van der Waals surface area contributed by atoms with Gasteiger partial charge in [0.25, 0.3) is 0 Å². The number of hydrogen-bond acceptors (Lipinski definition) is 7. The molecule has 0 radical (unpaired) electrons. The first-order chi connectivity index (χ1) is 11.9. The summed E-state index contributed by atoms with van der Waals surface area (Å²) in [6.07, 6.45) is 4.62. The lowest BCUT2D eigenvalue weighted by Crippen LogP contribution is -2.54. The lowest BCUT2D eigenvalue weighted by molar-refractivity contribution is -0.142. The van der Waals surface area contributed by atoms with E-state index >= 15 is 0 Å². The van der Waals surface area contributed by atoms with Gasteiger partial charge in [-0.15, -0.1) is 0 Å². The minimum Gasteiger partial charge on any atom is -0.394 e. The summed E-state index contributed by atoms with van der Waals surface area (Å²) in [5, 5.41) is 37.2. The molecule has 0 bridgehead atoms. The molecule has 0 rings (SSSR count). The molecule has 0 aromatic carbocycles. The molecule has 7 nitrogen and oxygen atoms in total. The number of unbranched alkanes of at least 4 members (excludes halogenated alkanes) is 8. The topological polar surface area (TPSA) is 141 Å². The molecule has 0 heterocycles. The van der Waals surface area contributed by atoms with Crippen LogP contribution in [0.5, 0.6) is 0 Å². The highest BCUT2D eigenvalue weighted by molar-refractivity contribution is 6.39. The van der Waals surface area contributed by atoms with Gasteiger partial charge in [0, 0.05) is 6.42 Å². The van der Waals surface area contributed by atoms with Crippen LogP contribution < -0.4 is 5.73 Å². The van der Waals surface area contributed by atoms with Crippen molar-refractivity contribution in [2.24, 2.45) is 5.73 Å². The van der Waals surface area contributed by atoms with Crippen LogP contribution in [-0.4, -0.2) is 63.0 Å². The lowest BCUT2D eigenvalue weighted by Gasteiger charge is -2.25. The third kappa shape index (κ3) is 10.0. The van der Waals surface area contributed by atoms with Crippen molar-refractivity contribution in [1.82, 2.24) is 0 Å². The monoisotopic (exact) mass is 361 g/mol. The predicted octanol–water partition coefficient (Wildman–Crippen LogP) is 0.448. The predicted molar refractivity (Wildman–Crippen MR) is 94.9 cm³/mol. The summed E-state index contributed by atoms with van der Waals surface area (Å²) in [6, 6.07) is -1.61. The summed E-state index contributed by atoms with van der Waals surface area (Å²) in [5.41, 5.74) is 5.49. The van der Waals surface area contributed by atoms with Gasteiger partial charge in [-0.05, 0) is 6.42 Å². The molecule has 0 amide bonds. The number of carbonyl (C=O) groups excluding carboxylic acids is 2. The van der Waals surface area contributed by atoms with Gasteiger partial charge in [0.2, 0.25) is 5.78 Å². The molecule has 6 N–H and O–H groups in total. The second-order valence-electron chi connectivity index (χ2n) is 6.62. The highest BCUT2D eigenvalue weighted by Crippen LogP contribution is 2.11. The van der Waals surface area contributed by atoms with E-state index in [1.165, 1.54) is 32.1 Å². The summed E-state index contributed by atoms with van der Waals surface area (Å²) in [7, 11) is 0. The summed E-state index contributed by atoms with van der Waals surface area (Å²) in [5.74, 6) is -1.64. The van der Waals surface area contributed by atoms with Crippen LogP contribution in [0, 0.1) is 0 Å². The Kier molecular flexibility index (Phi) is 13.8. The molecule has 0 aromatic heterocycles. The van der Waals surface area contributed by atoms with Crippen LogP contribution in [0.25, 0.3) is 0 Å². The van der Waals surface area contributed by atoms with Gasteiger partial charge in [0.1, 0.15) is 24.4 Å². The van der Waals surface area contributed by atoms with E-state index in [-0.39, 0.29) is 6.42 Å². The minimum absolute atomic E-state index is 0.0632. The first-order valence-corrected chi connectivity index (χ1v) is 9.34. The Morgan fingerprint density at radius 2 is 1.32 bits per heavy atom. The van der Waals surface area contributed by atoms with Gasteiger partial charge in [0.15, 0.2) is 5.78 Å². The van der Waals surface area contributed by atoms with Gasteiger partial charge in [-0.25, -0.2) is 0 Å². The highest BCUT2D eigenvalue weighted by atomic mass is 16.4. The van der Waals surface area contributed by atoms with E-state index in [2.05, 4.69) is 6.92 Å². The zero-order valence-corrected chi connectivity index (χ0v) is 15.3. The van der Waals surface area contributed by atoms with E-state index in [1.807, 2.05) is 0 Å². The fraction of sp³-hybridized carbons (Fsp3) is 0.889. The van der Waals surface area contributed by atoms with Crippen LogP contribution in [0.4, 0.5) is 0 Å². The van der Waals surface area contributed by atoms with Crippen LogP contribution in [0.15, 0.2) is 0 Å². The van der Waals surface area contributed by atoms with Crippen LogP contribution in [0.2, 0.25) is 0 Å². The largest absolute Gasteiger partial charge is 0.394 e. The molecule has 7 heteroatoms. The third-order valence-corrected chi connectivity index (χ3v) is 4.38. The Morgan fingerprint density at radius 1 is 0.840 bits per heavy atom. The molecular formula is C18H35NO6. The van der Waals surface area contributed by atoms with Crippen molar-refractivity contribution in [2.75, 3.05) is 6.61 Å². The second-order valence-corrected chi connectivity index (χ2v) is 6.62. The molecule has 0 aliphatic rings. The van der Waals surface area contributed by atoms with Crippen LogP contribution in [0.3, 0.4) is 0 Å². The number of rotatable bonds is 16. The smallest absolute Gasteiger partial charge is 0.217 e. The molecule has 0 saturated carbocycles. The number of aliphatic hydroxyl groups is 4. The Hall–Kier alpha value is -0.860. The summed E-state index contributed by atoms with van der Waals surface area (Å²) in [6.45, 7) is 1.39. The number of nitrogens with two attached hydrogens (primary N) is 1. The summed E-state index contributed by atoms with van der Waals surface area (Å²) >= 11 is 0. The van der Waals surface area contributed by atoms with E-state index in [0.717, 1.165) is 19.3 Å². The Morgan fingerprint density at radius 3 is 1.80 bits per heavy atom. The van der Waals surface area contributed by atoms with Gasteiger partial charge in [-0.1, -0.05) is 58.3 Å². The third-order valence-electron chi connectivity index (χ3n) is 4.38. The molecule has 0 spiro atoms. The van der Waals surface area contributed by atoms with E-state index < -0.39 is 42.5 Å². The molecule has 4 atom stereocenters. The molecule has 0 unspecified atom stereocenters. The number of aliphatic hydroxyl groups excluding tert-OH is 4. The van der Waals surface area contributed by atoms with Crippen molar-refractivity contribution >= 4 is 11.6 Å². The standard InChI is InChI=1S/C18H35NO6/c1-2-3-4-5-6-7-8-9-10-11-13(21)16(23)15(19)18(25)17(24)14(22)12-20/h14-15,17-18,20,22,24-25H,2-12,19H2,1H3/t14-,15+,17-,18-/m1/s1. The minimum atomic E-state index is -1.80. The van der Waals surface area contributed by atoms with Gasteiger partial charge in [0.05, 0.1) is 6.61 Å². The Bertz CT molecular complexity index is 377. The summed E-state index contributed by atoms with van der Waals surface area (Å²) < 4.78 is 0. The molecule has 0 aliphatic heterocycles. The van der Waals surface area contributed by atoms with E-state index in [9.17, 15) is 24.9 Å². The number of ketones is 2. The van der Waals surface area contributed by atoms with Gasteiger partial charge < -0.3 is 26.2 Å². The normalized spacial score (nSPS) is 16.2. The van der Waals surface area contributed by atoms with Gasteiger partial charge >= 0.3 is 0 Å². The average Bonchev–Trinajstić information content (AvgIpc) is 2.63. The van der Waals surface area contributed by atoms with Crippen molar-refractivity contribution in [1.29, 1.82) is 0 Å². The Balaban J connectivity index is 3.96. The van der Waals surface area contributed by atoms with Crippen LogP contribution in [0.1, 0.15) is 71.1 Å². The van der Waals surface area contributed by atoms with E-state index in [4.69, 9.17) is 10.8 Å². The number of hydrogen-bond donors (Lipinski definition) is 5. The van der Waals surface area contributed by atoms with E-state index in [1.54, 1.807) is 0 Å². The van der Waals surface area contributed by atoms with Crippen molar-refractivity contribution in [3.8, 4) is 0 Å². The van der Waals surface area contributed by atoms with Crippen LogP contribution >= 0.6 is 0 Å². The zero-order valence-electron chi connectivity index (χ0n) is 15.3. The number of carbonyl (C=O) groups is 2. The molecule has 0 saturated heterocycles. The molecule has 0 aliphatic carbocycles. The van der Waals surface area contributed by atoms with Gasteiger partial charge in [-0.3, -0.25) is 9.59 Å². The van der Waals surface area contributed by atoms with Crippen molar-refractivity contribution < 1.29 is 30.0 Å². The molecule has 0 aromatic rings. The SMILES string of the molecule is CCCCCCCCCCCC(=O)C(=O)[C@H](N)[C@@H](O)[C@H](O)[C@H](O)CO. The maximum Gasteiger partial charge on any atom is 0.217 e. The Labute approximate surface area is 150 Å². The van der Waals surface area contributed by atoms with Crippen LogP contribution in [-0.2, 0) is 9.59 Å². The van der Waals surface area contributed by atoms with E-state index in [0.29, 0.717) is 6.42 Å². The molecule has 148 valence electrons. The quantitative estimate of drug-likeness (QED) is 0.198. The number of Topliss-reactive ketones (excluding diaryl/α,β-unsaturated/α-hetero) is 2. The average molecular weight is 361 g/mol. The molecule has 25 heavy (non-hydrogen) atoms. The highest BCUT2D eigenvalue weighted by Gasteiger charge is 2.35. The second kappa shape index (κ2) is 14.3. The maximum absolute atomic E-state index is 11.9. The first kappa shape index (κ1) is 24.1. The first-order valence-electron chi connectivity index (χ1n) is 9.34. The van der Waals surface area contributed by atoms with Crippen molar-refractivity contribution in [2.45, 2.75) is 95.5 Å². The summed E-state index contributed by atoms with van der Waals surface area (Å²) in [4.78, 5) is 23.7. The van der Waals surface area contributed by atoms with Gasteiger partial charge in [-0.2, -0.15) is 0 Å².